The van der Waals surface area contributed by atoms with Crippen LogP contribution in [0.15, 0.2) is 36.0 Å². The highest BCUT2D eigenvalue weighted by Gasteiger charge is 2.46. The number of halogens is 1. The second-order valence-corrected chi connectivity index (χ2v) is 7.70. The first-order chi connectivity index (χ1) is 13.7. The van der Waals surface area contributed by atoms with E-state index < -0.39 is 17.7 Å². The molecule has 1 aliphatic heterocycles. The molecule has 0 spiro atoms. The van der Waals surface area contributed by atoms with Crippen molar-refractivity contribution >= 4 is 29.1 Å². The maximum absolute atomic E-state index is 12.9. The molecule has 0 bridgehead atoms. The Morgan fingerprint density at radius 2 is 1.86 bits per heavy atom. The van der Waals surface area contributed by atoms with Crippen molar-refractivity contribution in [1.82, 2.24) is 19.8 Å². The number of likely N-dealkylation sites (N-methyl/N-ethyl adjacent to an activating group) is 1. The summed E-state index contributed by atoms with van der Waals surface area (Å²) < 4.78 is 0. The maximum Gasteiger partial charge on any atom is 0.295 e. The number of ketones is 1. The number of rotatable bonds is 5. The van der Waals surface area contributed by atoms with Crippen molar-refractivity contribution in [1.29, 1.82) is 0 Å². The van der Waals surface area contributed by atoms with E-state index in [9.17, 15) is 14.7 Å². The fourth-order valence-electron chi connectivity index (χ4n) is 3.37. The van der Waals surface area contributed by atoms with Crippen LogP contribution in [-0.4, -0.2) is 63.7 Å². The van der Waals surface area contributed by atoms with E-state index in [0.717, 1.165) is 0 Å². The summed E-state index contributed by atoms with van der Waals surface area (Å²) in [7, 11) is 3.78. The van der Waals surface area contributed by atoms with Gasteiger partial charge in [-0.25, -0.2) is 9.97 Å². The third-order valence-corrected chi connectivity index (χ3v) is 5.12. The summed E-state index contributed by atoms with van der Waals surface area (Å²) in [6.07, 6.45) is 1.47. The quantitative estimate of drug-likeness (QED) is 0.460. The zero-order chi connectivity index (χ0) is 21.3. The lowest BCUT2D eigenvalue weighted by atomic mass is 9.95. The van der Waals surface area contributed by atoms with E-state index >= 15 is 0 Å². The number of aromatic nitrogens is 2. The van der Waals surface area contributed by atoms with Gasteiger partial charge in [0.1, 0.15) is 11.6 Å². The van der Waals surface area contributed by atoms with Crippen molar-refractivity contribution in [3.63, 3.8) is 0 Å². The van der Waals surface area contributed by atoms with Crippen molar-refractivity contribution in [2.24, 2.45) is 0 Å². The highest BCUT2D eigenvalue weighted by molar-refractivity contribution is 6.46. The average molecular weight is 415 g/mol. The summed E-state index contributed by atoms with van der Waals surface area (Å²) in [5.74, 6) is -1.08. The second-order valence-electron chi connectivity index (χ2n) is 7.26. The summed E-state index contributed by atoms with van der Waals surface area (Å²) in [5, 5.41) is 11.6. The number of amides is 1. The van der Waals surface area contributed by atoms with Crippen LogP contribution in [0.5, 0.6) is 0 Å². The first-order valence-corrected chi connectivity index (χ1v) is 9.57. The molecule has 1 aromatic heterocycles. The molecule has 7 nitrogen and oxygen atoms in total. The van der Waals surface area contributed by atoms with E-state index in [-0.39, 0.29) is 11.3 Å². The number of carbonyl (C=O) groups is 2. The zero-order valence-electron chi connectivity index (χ0n) is 16.8. The van der Waals surface area contributed by atoms with Gasteiger partial charge in [0.25, 0.3) is 11.7 Å². The third-order valence-electron chi connectivity index (χ3n) is 4.87. The number of aliphatic hydroxyl groups is 1. The Labute approximate surface area is 174 Å². The Balaban J connectivity index is 2.17. The lowest BCUT2D eigenvalue weighted by Gasteiger charge is -2.26. The lowest BCUT2D eigenvalue weighted by molar-refractivity contribution is -0.140. The molecule has 8 heteroatoms. The lowest BCUT2D eigenvalue weighted by Crippen LogP contribution is -2.35. The van der Waals surface area contributed by atoms with Gasteiger partial charge in [0, 0.05) is 24.3 Å². The number of hydrogen-bond donors (Lipinski definition) is 1. The molecule has 0 saturated carbocycles. The number of likely N-dealkylation sites (tertiary alicyclic amines) is 1. The summed E-state index contributed by atoms with van der Waals surface area (Å²) >= 11 is 6.01. The molecule has 1 saturated heterocycles. The van der Waals surface area contributed by atoms with Crippen molar-refractivity contribution in [2.75, 3.05) is 27.2 Å². The van der Waals surface area contributed by atoms with Crippen LogP contribution >= 0.6 is 11.6 Å². The largest absolute Gasteiger partial charge is 0.507 e. The molecule has 1 unspecified atom stereocenters. The fourth-order valence-corrected chi connectivity index (χ4v) is 3.50. The fraction of sp³-hybridized carbons (Fsp3) is 0.333. The predicted octanol–water partition coefficient (Wildman–Crippen LogP) is 2.73. The summed E-state index contributed by atoms with van der Waals surface area (Å²) in [6.45, 7) is 4.38. The average Bonchev–Trinajstić information content (AvgIpc) is 2.91. The molecule has 1 N–H and O–H groups in total. The minimum absolute atomic E-state index is 0.0339. The zero-order valence-corrected chi connectivity index (χ0v) is 17.6. The third kappa shape index (κ3) is 4.16. The molecule has 2 heterocycles. The predicted molar refractivity (Wildman–Crippen MR) is 111 cm³/mol. The number of aliphatic hydroxyl groups excluding tert-OH is 1. The monoisotopic (exact) mass is 414 g/mol. The molecule has 152 valence electrons. The van der Waals surface area contributed by atoms with E-state index in [4.69, 9.17) is 11.6 Å². The molecule has 1 amide bonds. The van der Waals surface area contributed by atoms with E-state index in [1.807, 2.05) is 19.0 Å². The van der Waals surface area contributed by atoms with E-state index in [1.54, 1.807) is 38.1 Å². The van der Waals surface area contributed by atoms with Gasteiger partial charge in [0.15, 0.2) is 0 Å². The Morgan fingerprint density at radius 1 is 1.21 bits per heavy atom. The van der Waals surface area contributed by atoms with Gasteiger partial charge < -0.3 is 14.9 Å². The molecule has 1 atom stereocenters. The molecule has 0 aliphatic carbocycles. The van der Waals surface area contributed by atoms with Crippen LogP contribution in [0.4, 0.5) is 0 Å². The van der Waals surface area contributed by atoms with Gasteiger partial charge in [-0.1, -0.05) is 23.7 Å². The van der Waals surface area contributed by atoms with Gasteiger partial charge in [-0.2, -0.15) is 0 Å². The van der Waals surface area contributed by atoms with Crippen molar-refractivity contribution in [3.05, 3.63) is 63.7 Å². The number of aryl methyl sites for hydroxylation is 2. The van der Waals surface area contributed by atoms with Gasteiger partial charge in [-0.05, 0) is 45.6 Å². The van der Waals surface area contributed by atoms with Crippen LogP contribution in [0.3, 0.4) is 0 Å². The van der Waals surface area contributed by atoms with Gasteiger partial charge in [-0.3, -0.25) is 9.59 Å². The van der Waals surface area contributed by atoms with Gasteiger partial charge >= 0.3 is 0 Å². The van der Waals surface area contributed by atoms with Gasteiger partial charge in [-0.15, -0.1) is 0 Å². The minimum Gasteiger partial charge on any atom is -0.507 e. The molecule has 0 radical (unpaired) electrons. The Bertz CT molecular complexity index is 986. The van der Waals surface area contributed by atoms with Crippen LogP contribution in [0.1, 0.15) is 28.7 Å². The van der Waals surface area contributed by atoms with E-state index in [1.165, 1.54) is 11.1 Å². The molecule has 2 aromatic rings. The molecular weight excluding hydrogens is 392 g/mol. The standard InChI is InChI=1S/C21H23ClN4O3/c1-12-16(11-23-13(2)24-12)19(27)17-18(14-5-7-15(22)8-6-14)26(10-9-25(3)4)21(29)20(17)28/h5-8,11,18,27H,9-10H2,1-4H3. The van der Waals surface area contributed by atoms with Crippen molar-refractivity contribution < 1.29 is 14.7 Å². The first-order valence-electron chi connectivity index (χ1n) is 9.20. The minimum atomic E-state index is -0.721. The Morgan fingerprint density at radius 3 is 2.45 bits per heavy atom. The van der Waals surface area contributed by atoms with Gasteiger partial charge in [0.05, 0.1) is 22.9 Å². The molecule has 1 aliphatic rings. The number of benzene rings is 1. The van der Waals surface area contributed by atoms with Crippen molar-refractivity contribution in [3.8, 4) is 0 Å². The normalized spacial score (nSPS) is 18.7. The molecular formula is C21H23ClN4O3. The maximum atomic E-state index is 12.9. The SMILES string of the molecule is Cc1ncc(C(O)=C2C(=O)C(=O)N(CCN(C)C)C2c2ccc(Cl)cc2)c(C)n1. The van der Waals surface area contributed by atoms with Crippen LogP contribution in [0.2, 0.25) is 5.02 Å². The number of Topliss-reactive ketones (excluding diaryl/α,β-unsaturated/α-hetero) is 1. The summed E-state index contributed by atoms with van der Waals surface area (Å²) in [5.41, 5.74) is 1.59. The molecule has 3 rings (SSSR count). The summed E-state index contributed by atoms with van der Waals surface area (Å²) in [4.78, 5) is 37.5. The number of carbonyl (C=O) groups excluding carboxylic acids is 2. The van der Waals surface area contributed by atoms with Crippen LogP contribution in [-0.2, 0) is 9.59 Å². The summed E-state index contributed by atoms with van der Waals surface area (Å²) in [6, 6.07) is 6.19. The van der Waals surface area contributed by atoms with Crippen LogP contribution in [0, 0.1) is 13.8 Å². The second kappa shape index (κ2) is 8.31. The smallest absolute Gasteiger partial charge is 0.295 e. The number of nitrogens with zero attached hydrogens (tertiary/aromatic N) is 4. The van der Waals surface area contributed by atoms with Crippen molar-refractivity contribution in [2.45, 2.75) is 19.9 Å². The first kappa shape index (κ1) is 21.0. The molecule has 1 aromatic carbocycles. The molecule has 1 fully saturated rings. The van der Waals surface area contributed by atoms with E-state index in [2.05, 4.69) is 9.97 Å². The van der Waals surface area contributed by atoms with Crippen LogP contribution < -0.4 is 0 Å². The molecule has 29 heavy (non-hydrogen) atoms. The van der Waals surface area contributed by atoms with Gasteiger partial charge in [0.2, 0.25) is 0 Å². The Kier molecular flexibility index (Phi) is 6.00. The number of hydrogen-bond acceptors (Lipinski definition) is 6. The Hall–Kier alpha value is -2.77. The highest BCUT2D eigenvalue weighted by Crippen LogP contribution is 2.39. The van der Waals surface area contributed by atoms with E-state index in [0.29, 0.717) is 40.8 Å². The van der Waals surface area contributed by atoms with Crippen LogP contribution in [0.25, 0.3) is 5.76 Å². The topological polar surface area (TPSA) is 86.6 Å². The highest BCUT2D eigenvalue weighted by atomic mass is 35.5.